The van der Waals surface area contributed by atoms with Crippen molar-refractivity contribution in [2.24, 2.45) is 0 Å². The summed E-state index contributed by atoms with van der Waals surface area (Å²) in [5.41, 5.74) is 0.501. The fourth-order valence-electron chi connectivity index (χ4n) is 2.04. The lowest BCUT2D eigenvalue weighted by Crippen LogP contribution is -2.43. The smallest absolute Gasteiger partial charge is 0.332 e. The Balaban J connectivity index is 2.19. The van der Waals surface area contributed by atoms with Crippen LogP contribution in [0.15, 0.2) is 30.3 Å². The number of nitrogens with zero attached hydrogens (tertiary/aromatic N) is 2. The first kappa shape index (κ1) is 14.0. The number of para-hydroxylation sites is 1. The number of ether oxygens (including phenoxy) is 1. The van der Waals surface area contributed by atoms with Crippen LogP contribution in [0.4, 0.5) is 10.5 Å². The van der Waals surface area contributed by atoms with E-state index in [-0.39, 0.29) is 19.1 Å². The van der Waals surface area contributed by atoms with Crippen LogP contribution in [0, 0.1) is 0 Å². The number of anilines is 1. The lowest BCUT2D eigenvalue weighted by atomic mass is 10.3. The van der Waals surface area contributed by atoms with Gasteiger partial charge < -0.3 is 9.64 Å². The van der Waals surface area contributed by atoms with Gasteiger partial charge in [-0.25, -0.2) is 14.5 Å². The number of amides is 3. The zero-order chi connectivity index (χ0) is 14.7. The van der Waals surface area contributed by atoms with Gasteiger partial charge in [0.15, 0.2) is 0 Å². The molecule has 0 spiro atoms. The van der Waals surface area contributed by atoms with Crippen molar-refractivity contribution in [3.05, 3.63) is 30.3 Å². The lowest BCUT2D eigenvalue weighted by molar-refractivity contribution is -0.147. The summed E-state index contributed by atoms with van der Waals surface area (Å²) in [6, 6.07) is 7.36. The van der Waals surface area contributed by atoms with E-state index in [0.717, 1.165) is 4.90 Å². The molecule has 106 valence electrons. The van der Waals surface area contributed by atoms with Gasteiger partial charge in [-0.05, 0) is 26.0 Å². The Morgan fingerprint density at radius 1 is 1.30 bits per heavy atom. The van der Waals surface area contributed by atoms with Crippen molar-refractivity contribution < 1.29 is 19.1 Å². The van der Waals surface area contributed by atoms with Gasteiger partial charge in [0, 0.05) is 0 Å². The summed E-state index contributed by atoms with van der Waals surface area (Å²) in [6.07, 6.45) is 0. The van der Waals surface area contributed by atoms with Crippen LogP contribution < -0.4 is 4.90 Å². The molecule has 1 aliphatic heterocycles. The third-order valence-electron chi connectivity index (χ3n) is 3.10. The first-order valence-corrected chi connectivity index (χ1v) is 6.41. The van der Waals surface area contributed by atoms with Crippen LogP contribution in [0.25, 0.3) is 0 Å². The normalized spacial score (nSPS) is 16.5. The van der Waals surface area contributed by atoms with Crippen LogP contribution in [-0.2, 0) is 14.3 Å². The average Bonchev–Trinajstić information content (AvgIpc) is 2.74. The Labute approximate surface area is 116 Å². The van der Waals surface area contributed by atoms with Crippen LogP contribution in [0.5, 0.6) is 0 Å². The number of benzene rings is 1. The zero-order valence-electron chi connectivity index (χ0n) is 11.4. The molecule has 0 radical (unpaired) electrons. The van der Waals surface area contributed by atoms with Crippen molar-refractivity contribution in [2.45, 2.75) is 19.9 Å². The van der Waals surface area contributed by atoms with Crippen molar-refractivity contribution in [1.29, 1.82) is 0 Å². The first-order chi connectivity index (χ1) is 9.56. The molecule has 0 N–H and O–H groups in total. The monoisotopic (exact) mass is 276 g/mol. The number of carbonyl (C=O) groups is 3. The molecular formula is C14H16N2O4. The van der Waals surface area contributed by atoms with Gasteiger partial charge in [-0.1, -0.05) is 18.2 Å². The van der Waals surface area contributed by atoms with E-state index in [1.165, 1.54) is 4.90 Å². The van der Waals surface area contributed by atoms with E-state index in [4.69, 9.17) is 4.74 Å². The molecule has 0 saturated carbocycles. The SMILES string of the molecule is CCOC(=O)C(C)N1CC(=O)N(c2ccccc2)C1=O. The van der Waals surface area contributed by atoms with Gasteiger partial charge >= 0.3 is 12.0 Å². The number of hydrogen-bond donors (Lipinski definition) is 0. The molecule has 20 heavy (non-hydrogen) atoms. The molecule has 1 aromatic carbocycles. The van der Waals surface area contributed by atoms with Crippen molar-refractivity contribution >= 4 is 23.6 Å². The second-order valence-corrected chi connectivity index (χ2v) is 4.40. The largest absolute Gasteiger partial charge is 0.464 e. The predicted molar refractivity (Wildman–Crippen MR) is 72.1 cm³/mol. The maximum absolute atomic E-state index is 12.3. The Kier molecular flexibility index (Phi) is 4.02. The quantitative estimate of drug-likeness (QED) is 0.616. The molecule has 1 saturated heterocycles. The van der Waals surface area contributed by atoms with Crippen LogP contribution in [0.2, 0.25) is 0 Å². The van der Waals surface area contributed by atoms with Crippen LogP contribution in [0.1, 0.15) is 13.8 Å². The van der Waals surface area contributed by atoms with E-state index in [0.29, 0.717) is 5.69 Å². The Bertz CT molecular complexity index is 529. The second kappa shape index (κ2) is 5.73. The van der Waals surface area contributed by atoms with Gasteiger partial charge in [0.05, 0.1) is 12.3 Å². The molecule has 6 nitrogen and oxygen atoms in total. The van der Waals surface area contributed by atoms with Crippen LogP contribution in [-0.4, -0.2) is 42.0 Å². The molecule has 1 aromatic rings. The maximum atomic E-state index is 12.3. The highest BCUT2D eigenvalue weighted by Crippen LogP contribution is 2.22. The zero-order valence-corrected chi connectivity index (χ0v) is 11.4. The highest BCUT2D eigenvalue weighted by Gasteiger charge is 2.41. The summed E-state index contributed by atoms with van der Waals surface area (Å²) in [4.78, 5) is 38.3. The third kappa shape index (κ3) is 2.49. The van der Waals surface area contributed by atoms with Gasteiger partial charge in [0.2, 0.25) is 0 Å². The highest BCUT2D eigenvalue weighted by atomic mass is 16.5. The van der Waals surface area contributed by atoms with Crippen LogP contribution in [0.3, 0.4) is 0 Å². The third-order valence-corrected chi connectivity index (χ3v) is 3.10. The van der Waals surface area contributed by atoms with Crippen molar-refractivity contribution in [3.63, 3.8) is 0 Å². The van der Waals surface area contributed by atoms with Gasteiger partial charge in [0.25, 0.3) is 5.91 Å². The van der Waals surface area contributed by atoms with Crippen molar-refractivity contribution in [2.75, 3.05) is 18.1 Å². The number of carbonyl (C=O) groups excluding carboxylic acids is 3. The van der Waals surface area contributed by atoms with E-state index in [1.807, 2.05) is 0 Å². The molecule has 1 fully saturated rings. The summed E-state index contributed by atoms with van der Waals surface area (Å²) in [5.74, 6) is -0.860. The Hall–Kier alpha value is -2.37. The van der Waals surface area contributed by atoms with E-state index < -0.39 is 18.0 Å². The standard InChI is InChI=1S/C14H16N2O4/c1-3-20-13(18)10(2)15-9-12(17)16(14(15)19)11-7-5-4-6-8-11/h4-8,10H,3,9H2,1-2H3. The molecular weight excluding hydrogens is 260 g/mol. The summed E-state index contributed by atoms with van der Waals surface area (Å²) >= 11 is 0. The maximum Gasteiger partial charge on any atom is 0.332 e. The van der Waals surface area contributed by atoms with Gasteiger partial charge in [0.1, 0.15) is 12.6 Å². The average molecular weight is 276 g/mol. The molecule has 1 atom stereocenters. The number of hydrogen-bond acceptors (Lipinski definition) is 4. The van der Waals surface area contributed by atoms with E-state index in [1.54, 1.807) is 44.2 Å². The van der Waals surface area contributed by atoms with Gasteiger partial charge in [-0.2, -0.15) is 0 Å². The number of urea groups is 1. The molecule has 1 heterocycles. The fourth-order valence-corrected chi connectivity index (χ4v) is 2.04. The minimum atomic E-state index is -0.778. The fraction of sp³-hybridized carbons (Fsp3) is 0.357. The molecule has 1 aliphatic rings. The Morgan fingerprint density at radius 3 is 2.55 bits per heavy atom. The van der Waals surface area contributed by atoms with Gasteiger partial charge in [-0.15, -0.1) is 0 Å². The lowest BCUT2D eigenvalue weighted by Gasteiger charge is -2.22. The number of rotatable bonds is 4. The molecule has 0 aromatic heterocycles. The second-order valence-electron chi connectivity index (χ2n) is 4.40. The molecule has 2 rings (SSSR count). The molecule has 0 bridgehead atoms. The number of imide groups is 1. The van der Waals surface area contributed by atoms with E-state index in [2.05, 4.69) is 0 Å². The van der Waals surface area contributed by atoms with Crippen LogP contribution >= 0.6 is 0 Å². The first-order valence-electron chi connectivity index (χ1n) is 6.41. The highest BCUT2D eigenvalue weighted by molar-refractivity contribution is 6.20. The molecule has 1 unspecified atom stereocenters. The molecule has 0 aliphatic carbocycles. The van der Waals surface area contributed by atoms with Crippen molar-refractivity contribution in [1.82, 2.24) is 4.90 Å². The van der Waals surface area contributed by atoms with Crippen molar-refractivity contribution in [3.8, 4) is 0 Å². The van der Waals surface area contributed by atoms with E-state index >= 15 is 0 Å². The molecule has 6 heteroatoms. The molecule has 3 amide bonds. The minimum Gasteiger partial charge on any atom is -0.464 e. The summed E-state index contributed by atoms with van der Waals surface area (Å²) in [6.45, 7) is 3.37. The summed E-state index contributed by atoms with van der Waals surface area (Å²) in [5, 5.41) is 0. The Morgan fingerprint density at radius 2 is 1.95 bits per heavy atom. The van der Waals surface area contributed by atoms with E-state index in [9.17, 15) is 14.4 Å². The number of esters is 1. The predicted octanol–water partition coefficient (Wildman–Crippen LogP) is 1.41. The minimum absolute atomic E-state index is 0.117. The topological polar surface area (TPSA) is 66.9 Å². The van der Waals surface area contributed by atoms with Gasteiger partial charge in [-0.3, -0.25) is 4.79 Å². The summed E-state index contributed by atoms with van der Waals surface area (Å²) in [7, 11) is 0. The summed E-state index contributed by atoms with van der Waals surface area (Å²) < 4.78 is 4.88.